The number of carbonyl (C=O) groups excluding carboxylic acids is 1. The summed E-state index contributed by atoms with van der Waals surface area (Å²) in [6, 6.07) is 7.71. The number of nitrogens with two attached hydrogens (primary N) is 1. The second-order valence-electron chi connectivity index (χ2n) is 8.80. The molecule has 1 aromatic carbocycles. The normalized spacial score (nSPS) is 16.7. The first-order valence-electron chi connectivity index (χ1n) is 11.9. The predicted molar refractivity (Wildman–Crippen MR) is 142 cm³/mol. The van der Waals surface area contributed by atoms with Crippen LogP contribution in [0.4, 0.5) is 5.82 Å². The number of halogens is 1. The molecule has 1 aliphatic heterocycles. The zero-order valence-electron chi connectivity index (χ0n) is 19.6. The highest BCUT2D eigenvalue weighted by atomic mass is 79.9. The summed E-state index contributed by atoms with van der Waals surface area (Å²) >= 11 is 4.97. The zero-order valence-corrected chi connectivity index (χ0v) is 22.0. The summed E-state index contributed by atoms with van der Waals surface area (Å²) in [5, 5.41) is 2.86. The van der Waals surface area contributed by atoms with Crippen molar-refractivity contribution in [2.75, 3.05) is 32.5 Å². The van der Waals surface area contributed by atoms with Gasteiger partial charge in [0, 0.05) is 41.7 Å². The van der Waals surface area contributed by atoms with E-state index in [1.807, 2.05) is 29.6 Å². The monoisotopic (exact) mass is 545 g/mol. The van der Waals surface area contributed by atoms with Crippen molar-refractivity contribution in [2.45, 2.75) is 51.2 Å². The Morgan fingerprint density at radius 3 is 2.88 bits per heavy atom. The Balaban J connectivity index is 1.31. The molecule has 1 aliphatic rings. The van der Waals surface area contributed by atoms with Crippen molar-refractivity contribution < 1.29 is 14.3 Å². The van der Waals surface area contributed by atoms with Gasteiger partial charge >= 0.3 is 0 Å². The molecule has 0 spiro atoms. The number of nitrogens with zero attached hydrogens (tertiary/aromatic N) is 2. The smallest absolute Gasteiger partial charge is 0.165 e. The fraction of sp³-hybridized carbons (Fsp3) is 0.462. The molecule has 1 atom stereocenters. The zero-order chi connectivity index (χ0) is 23.9. The number of aromatic nitrogens is 1. The molecule has 1 saturated heterocycles. The standard InChI is InChI=1S/C26H32BrN3O3S/c1-32-21-6-5-13-30(15-21)12-4-2-3-7-23(31)22-14-29-26(28)24-18(17-34-25(22)24)16-33-20-10-8-19(27)9-11-20/h8-11,14,17,21H,2-7,12-13,15-16H2,1H3,(H2,28,29). The number of ketones is 1. The van der Waals surface area contributed by atoms with E-state index < -0.39 is 0 Å². The molecule has 2 N–H and O–H groups in total. The highest BCUT2D eigenvalue weighted by Crippen LogP contribution is 2.34. The van der Waals surface area contributed by atoms with Gasteiger partial charge in [-0.15, -0.1) is 11.3 Å². The molecule has 3 heterocycles. The number of unbranched alkanes of at least 4 members (excludes halogenated alkanes) is 2. The first kappa shape index (κ1) is 25.1. The van der Waals surface area contributed by atoms with Gasteiger partial charge in [-0.1, -0.05) is 22.4 Å². The van der Waals surface area contributed by atoms with Crippen molar-refractivity contribution in [2.24, 2.45) is 0 Å². The molecule has 1 fully saturated rings. The van der Waals surface area contributed by atoms with Crippen molar-refractivity contribution >= 4 is 49.0 Å². The maximum Gasteiger partial charge on any atom is 0.165 e. The van der Waals surface area contributed by atoms with Crippen LogP contribution >= 0.6 is 27.3 Å². The van der Waals surface area contributed by atoms with Crippen LogP contribution in [0.1, 0.15) is 54.4 Å². The van der Waals surface area contributed by atoms with Crippen LogP contribution < -0.4 is 10.5 Å². The minimum absolute atomic E-state index is 0.136. The molecule has 8 heteroatoms. The van der Waals surface area contributed by atoms with Crippen LogP contribution in [0.2, 0.25) is 0 Å². The number of anilines is 1. The van der Waals surface area contributed by atoms with Crippen LogP contribution in [0.15, 0.2) is 40.3 Å². The molecule has 34 heavy (non-hydrogen) atoms. The second kappa shape index (κ2) is 12.1. The fourth-order valence-corrected chi connectivity index (χ4v) is 5.83. The molecule has 3 aromatic rings. The minimum atomic E-state index is 0.136. The number of likely N-dealkylation sites (tertiary alicyclic amines) is 1. The predicted octanol–water partition coefficient (Wildman–Crippen LogP) is 6.07. The summed E-state index contributed by atoms with van der Waals surface area (Å²) in [4.78, 5) is 19.8. The Kier molecular flexibility index (Phi) is 8.94. The third-order valence-electron chi connectivity index (χ3n) is 6.38. The number of thiophene rings is 1. The maximum absolute atomic E-state index is 13.0. The van der Waals surface area contributed by atoms with E-state index in [2.05, 4.69) is 25.8 Å². The molecule has 182 valence electrons. The van der Waals surface area contributed by atoms with E-state index in [4.69, 9.17) is 15.2 Å². The first-order chi connectivity index (χ1) is 16.5. The first-order valence-corrected chi connectivity index (χ1v) is 13.5. The quantitative estimate of drug-likeness (QED) is 0.232. The number of piperidine rings is 1. The molecule has 4 rings (SSSR count). The third kappa shape index (κ3) is 6.36. The number of rotatable bonds is 11. The van der Waals surface area contributed by atoms with E-state index in [-0.39, 0.29) is 5.78 Å². The molecule has 0 amide bonds. The summed E-state index contributed by atoms with van der Waals surface area (Å²) in [7, 11) is 1.80. The SMILES string of the molecule is COC1CCCN(CCCCCC(=O)c2cnc(N)c3c(COc4ccc(Br)cc4)csc23)C1. The summed E-state index contributed by atoms with van der Waals surface area (Å²) in [6.45, 7) is 3.64. The van der Waals surface area contributed by atoms with Crippen LogP contribution in [0.5, 0.6) is 5.75 Å². The number of fused-ring (bicyclic) bond motifs is 1. The lowest BCUT2D eigenvalue weighted by molar-refractivity contribution is 0.0309. The van der Waals surface area contributed by atoms with Gasteiger partial charge in [0.15, 0.2) is 5.78 Å². The van der Waals surface area contributed by atoms with E-state index >= 15 is 0 Å². The lowest BCUT2D eigenvalue weighted by atomic mass is 10.0. The summed E-state index contributed by atoms with van der Waals surface area (Å²) in [5.41, 5.74) is 7.83. The summed E-state index contributed by atoms with van der Waals surface area (Å²) < 4.78 is 13.3. The molecule has 0 aliphatic carbocycles. The van der Waals surface area contributed by atoms with Crippen LogP contribution in [-0.4, -0.2) is 48.5 Å². The highest BCUT2D eigenvalue weighted by molar-refractivity contribution is 9.10. The van der Waals surface area contributed by atoms with E-state index in [1.54, 1.807) is 13.3 Å². The topological polar surface area (TPSA) is 77.7 Å². The van der Waals surface area contributed by atoms with E-state index in [9.17, 15) is 4.79 Å². The average Bonchev–Trinajstić information content (AvgIpc) is 3.28. The second-order valence-corrected chi connectivity index (χ2v) is 10.6. The Labute approximate surface area is 213 Å². The minimum Gasteiger partial charge on any atom is -0.489 e. The van der Waals surface area contributed by atoms with Crippen molar-refractivity contribution in [3.8, 4) is 5.75 Å². The number of methoxy groups -OCH3 is 1. The van der Waals surface area contributed by atoms with Crippen LogP contribution in [0.25, 0.3) is 10.1 Å². The molecule has 6 nitrogen and oxygen atoms in total. The highest BCUT2D eigenvalue weighted by Gasteiger charge is 2.19. The summed E-state index contributed by atoms with van der Waals surface area (Å²) in [5.74, 6) is 1.36. The van der Waals surface area contributed by atoms with Crippen molar-refractivity contribution in [1.82, 2.24) is 9.88 Å². The molecule has 0 radical (unpaired) electrons. The Morgan fingerprint density at radius 1 is 1.26 bits per heavy atom. The Bertz CT molecular complexity index is 1100. The van der Waals surface area contributed by atoms with Gasteiger partial charge < -0.3 is 20.1 Å². The van der Waals surface area contributed by atoms with Crippen LogP contribution in [0, 0.1) is 0 Å². The lowest BCUT2D eigenvalue weighted by Gasteiger charge is -2.31. The Morgan fingerprint density at radius 2 is 2.09 bits per heavy atom. The maximum atomic E-state index is 13.0. The third-order valence-corrected chi connectivity index (χ3v) is 7.97. The largest absolute Gasteiger partial charge is 0.489 e. The molecular weight excluding hydrogens is 514 g/mol. The van der Waals surface area contributed by atoms with Gasteiger partial charge in [-0.3, -0.25) is 4.79 Å². The number of pyridine rings is 1. The lowest BCUT2D eigenvalue weighted by Crippen LogP contribution is -2.39. The van der Waals surface area contributed by atoms with E-state index in [0.29, 0.717) is 30.5 Å². The number of hydrogen-bond acceptors (Lipinski definition) is 7. The molecular formula is C26H32BrN3O3S. The molecule has 0 saturated carbocycles. The Hall–Kier alpha value is -2.00. The van der Waals surface area contributed by atoms with Crippen molar-refractivity contribution in [1.29, 1.82) is 0 Å². The average molecular weight is 547 g/mol. The van der Waals surface area contributed by atoms with Gasteiger partial charge in [0.1, 0.15) is 18.2 Å². The molecule has 2 aromatic heterocycles. The number of nitrogen functional groups attached to an aromatic ring is 1. The number of hydrogen-bond donors (Lipinski definition) is 1. The van der Waals surface area contributed by atoms with E-state index in [1.165, 1.54) is 17.8 Å². The van der Waals surface area contributed by atoms with Crippen molar-refractivity contribution in [3.05, 3.63) is 51.4 Å². The van der Waals surface area contributed by atoms with E-state index in [0.717, 1.165) is 71.2 Å². The van der Waals surface area contributed by atoms with Crippen LogP contribution in [-0.2, 0) is 11.3 Å². The van der Waals surface area contributed by atoms with Crippen molar-refractivity contribution in [3.63, 3.8) is 0 Å². The number of carbonyl (C=O) groups is 1. The fourth-order valence-electron chi connectivity index (χ4n) is 4.47. The summed E-state index contributed by atoms with van der Waals surface area (Å²) in [6.07, 6.45) is 7.93. The molecule has 0 bridgehead atoms. The van der Waals surface area contributed by atoms with Gasteiger partial charge in [-0.25, -0.2) is 4.98 Å². The van der Waals surface area contributed by atoms with Gasteiger partial charge in [-0.05, 0) is 68.4 Å². The number of ether oxygens (including phenoxy) is 2. The van der Waals surface area contributed by atoms with Gasteiger partial charge in [0.2, 0.25) is 0 Å². The van der Waals surface area contributed by atoms with Gasteiger partial charge in [-0.2, -0.15) is 0 Å². The number of Topliss-reactive ketones (excluding diaryl/α,β-unsaturated/α-hetero) is 1. The number of benzene rings is 1. The van der Waals surface area contributed by atoms with Gasteiger partial charge in [0.25, 0.3) is 0 Å². The molecule has 1 unspecified atom stereocenters. The van der Waals surface area contributed by atoms with Crippen LogP contribution in [0.3, 0.4) is 0 Å². The van der Waals surface area contributed by atoms with Gasteiger partial charge in [0.05, 0.1) is 16.4 Å².